The van der Waals surface area contributed by atoms with Gasteiger partial charge in [-0.05, 0) is 45.0 Å². The third kappa shape index (κ3) is 4.85. The third-order valence-corrected chi connectivity index (χ3v) is 7.28. The summed E-state index contributed by atoms with van der Waals surface area (Å²) in [7, 11) is -2.00. The molecular weight excluding hydrogens is 392 g/mol. The number of amides is 1. The maximum atomic E-state index is 12.8. The van der Waals surface area contributed by atoms with Gasteiger partial charge in [-0.25, -0.2) is 8.42 Å². The van der Waals surface area contributed by atoms with Gasteiger partial charge in [-0.2, -0.15) is 4.31 Å². The van der Waals surface area contributed by atoms with Crippen molar-refractivity contribution in [2.24, 2.45) is 0 Å². The highest BCUT2D eigenvalue weighted by atomic mass is 32.2. The summed E-state index contributed by atoms with van der Waals surface area (Å²) in [5, 5.41) is 4.01. The van der Waals surface area contributed by atoms with Gasteiger partial charge in [0, 0.05) is 57.4 Å². The second kappa shape index (κ2) is 8.64. The zero-order chi connectivity index (χ0) is 21.2. The number of rotatable bonds is 6. The number of piperazine rings is 1. The van der Waals surface area contributed by atoms with Gasteiger partial charge in [0.1, 0.15) is 5.76 Å². The predicted octanol–water partition coefficient (Wildman–Crippen LogP) is 1.97. The molecule has 29 heavy (non-hydrogen) atoms. The standard InChI is InChI=1S/C20H28N4O4S/c1-15(2)22(4)29(26,27)19-7-5-17(6-8-19)20(25)24-11-9-23(10-12-24)14-18-13-16(3)28-21-18/h5-8,13,15H,9-12,14H2,1-4H3. The van der Waals surface area contributed by atoms with Gasteiger partial charge >= 0.3 is 0 Å². The van der Waals surface area contributed by atoms with E-state index in [0.29, 0.717) is 25.2 Å². The molecule has 0 N–H and O–H groups in total. The molecule has 0 spiro atoms. The summed E-state index contributed by atoms with van der Waals surface area (Å²) in [6.07, 6.45) is 0. The van der Waals surface area contributed by atoms with E-state index in [-0.39, 0.29) is 16.8 Å². The molecule has 1 aromatic carbocycles. The molecule has 9 heteroatoms. The minimum atomic E-state index is -3.55. The van der Waals surface area contributed by atoms with Crippen molar-refractivity contribution in [1.82, 2.24) is 19.3 Å². The van der Waals surface area contributed by atoms with Crippen molar-refractivity contribution >= 4 is 15.9 Å². The van der Waals surface area contributed by atoms with Crippen LogP contribution in [0.4, 0.5) is 0 Å². The molecule has 1 aliphatic rings. The van der Waals surface area contributed by atoms with Crippen LogP contribution in [0.2, 0.25) is 0 Å². The molecule has 3 rings (SSSR count). The number of sulfonamides is 1. The Hall–Kier alpha value is -2.23. The second-order valence-corrected chi connectivity index (χ2v) is 9.63. The summed E-state index contributed by atoms with van der Waals surface area (Å²) in [5.74, 6) is 0.710. The molecule has 1 amide bonds. The van der Waals surface area contributed by atoms with Gasteiger partial charge in [-0.3, -0.25) is 9.69 Å². The largest absolute Gasteiger partial charge is 0.361 e. The van der Waals surface area contributed by atoms with Crippen LogP contribution in [-0.4, -0.2) is 72.9 Å². The average Bonchev–Trinajstić information content (AvgIpc) is 3.12. The molecule has 0 saturated carbocycles. The highest BCUT2D eigenvalue weighted by molar-refractivity contribution is 7.89. The van der Waals surface area contributed by atoms with E-state index in [0.717, 1.165) is 24.5 Å². The minimum absolute atomic E-state index is 0.0805. The first kappa shape index (κ1) is 21.5. The number of aryl methyl sites for hydroxylation is 1. The van der Waals surface area contributed by atoms with Crippen LogP contribution >= 0.6 is 0 Å². The Labute approximate surface area is 172 Å². The lowest BCUT2D eigenvalue weighted by Crippen LogP contribution is -2.48. The lowest BCUT2D eigenvalue weighted by atomic mass is 10.2. The third-order valence-electron chi connectivity index (χ3n) is 5.23. The minimum Gasteiger partial charge on any atom is -0.361 e. The van der Waals surface area contributed by atoms with Gasteiger partial charge in [-0.1, -0.05) is 5.16 Å². The van der Waals surface area contributed by atoms with Crippen molar-refractivity contribution in [3.63, 3.8) is 0 Å². The van der Waals surface area contributed by atoms with Gasteiger partial charge < -0.3 is 9.42 Å². The van der Waals surface area contributed by atoms with E-state index in [1.807, 2.05) is 26.8 Å². The Kier molecular flexibility index (Phi) is 6.40. The van der Waals surface area contributed by atoms with Crippen LogP contribution in [0.25, 0.3) is 0 Å². The molecule has 8 nitrogen and oxygen atoms in total. The molecule has 1 fully saturated rings. The molecule has 1 aliphatic heterocycles. The Balaban J connectivity index is 1.60. The topological polar surface area (TPSA) is 87.0 Å². The van der Waals surface area contributed by atoms with Gasteiger partial charge in [0.15, 0.2) is 0 Å². The van der Waals surface area contributed by atoms with E-state index in [1.165, 1.54) is 16.4 Å². The van der Waals surface area contributed by atoms with Crippen LogP contribution < -0.4 is 0 Å². The summed E-state index contributed by atoms with van der Waals surface area (Å²) < 4.78 is 31.5. The predicted molar refractivity (Wildman–Crippen MR) is 109 cm³/mol. The fourth-order valence-corrected chi connectivity index (χ4v) is 4.59. The van der Waals surface area contributed by atoms with E-state index in [2.05, 4.69) is 10.1 Å². The first-order valence-corrected chi connectivity index (χ1v) is 11.1. The normalized spacial score (nSPS) is 16.0. The lowest BCUT2D eigenvalue weighted by Gasteiger charge is -2.34. The van der Waals surface area contributed by atoms with E-state index >= 15 is 0 Å². The summed E-state index contributed by atoms with van der Waals surface area (Å²) in [6.45, 7) is 8.95. The molecule has 0 radical (unpaired) electrons. The van der Waals surface area contributed by atoms with Crippen molar-refractivity contribution in [3.05, 3.63) is 47.3 Å². The van der Waals surface area contributed by atoms with Crippen LogP contribution in [0.1, 0.15) is 35.7 Å². The molecule has 158 valence electrons. The maximum Gasteiger partial charge on any atom is 0.253 e. The second-order valence-electron chi connectivity index (χ2n) is 7.64. The van der Waals surface area contributed by atoms with Crippen LogP contribution in [-0.2, 0) is 16.6 Å². The van der Waals surface area contributed by atoms with Crippen molar-refractivity contribution in [3.8, 4) is 0 Å². The Morgan fingerprint density at radius 1 is 1.17 bits per heavy atom. The number of benzene rings is 1. The highest BCUT2D eigenvalue weighted by Gasteiger charge is 2.25. The van der Waals surface area contributed by atoms with Crippen molar-refractivity contribution in [1.29, 1.82) is 0 Å². The highest BCUT2D eigenvalue weighted by Crippen LogP contribution is 2.18. The molecular formula is C20H28N4O4S. The number of carbonyl (C=O) groups excluding carboxylic acids is 1. The van der Waals surface area contributed by atoms with Gasteiger partial charge in [0.05, 0.1) is 10.6 Å². The Morgan fingerprint density at radius 2 is 1.79 bits per heavy atom. The summed E-state index contributed by atoms with van der Waals surface area (Å²) in [6, 6.07) is 7.97. The molecule has 1 saturated heterocycles. The first-order chi connectivity index (χ1) is 13.7. The van der Waals surface area contributed by atoms with E-state index in [1.54, 1.807) is 24.1 Å². The zero-order valence-electron chi connectivity index (χ0n) is 17.3. The SMILES string of the molecule is Cc1cc(CN2CCN(C(=O)c3ccc(S(=O)(=O)N(C)C(C)C)cc3)CC2)no1. The Morgan fingerprint density at radius 3 is 2.31 bits per heavy atom. The first-order valence-electron chi connectivity index (χ1n) is 9.70. The van der Waals surface area contributed by atoms with Gasteiger partial charge in [-0.15, -0.1) is 0 Å². The van der Waals surface area contributed by atoms with Crippen molar-refractivity contribution in [2.75, 3.05) is 33.2 Å². The quantitative estimate of drug-likeness (QED) is 0.710. The molecule has 2 heterocycles. The number of hydrogen-bond donors (Lipinski definition) is 0. The molecule has 0 unspecified atom stereocenters. The van der Waals surface area contributed by atoms with Gasteiger partial charge in [0.2, 0.25) is 10.0 Å². The molecule has 1 aromatic heterocycles. The van der Waals surface area contributed by atoms with Crippen LogP contribution in [0.5, 0.6) is 0 Å². The smallest absolute Gasteiger partial charge is 0.253 e. The summed E-state index contributed by atoms with van der Waals surface area (Å²) in [5.41, 5.74) is 1.39. The van der Waals surface area contributed by atoms with Crippen LogP contribution in [0.15, 0.2) is 39.8 Å². The van der Waals surface area contributed by atoms with Crippen molar-refractivity contribution < 1.29 is 17.7 Å². The number of carbonyl (C=O) groups is 1. The van der Waals surface area contributed by atoms with Crippen LogP contribution in [0.3, 0.4) is 0 Å². The summed E-state index contributed by atoms with van der Waals surface area (Å²) >= 11 is 0. The number of nitrogens with zero attached hydrogens (tertiary/aromatic N) is 4. The maximum absolute atomic E-state index is 12.8. The fourth-order valence-electron chi connectivity index (χ4n) is 3.23. The number of aromatic nitrogens is 1. The molecule has 0 atom stereocenters. The molecule has 0 bridgehead atoms. The van der Waals surface area contributed by atoms with Crippen molar-refractivity contribution in [2.45, 2.75) is 38.3 Å². The van der Waals surface area contributed by atoms with E-state index in [4.69, 9.17) is 4.52 Å². The fraction of sp³-hybridized carbons (Fsp3) is 0.500. The summed E-state index contributed by atoms with van der Waals surface area (Å²) in [4.78, 5) is 17.0. The van der Waals surface area contributed by atoms with E-state index in [9.17, 15) is 13.2 Å². The Bertz CT molecular complexity index is 945. The number of hydrogen-bond acceptors (Lipinski definition) is 6. The van der Waals surface area contributed by atoms with E-state index < -0.39 is 10.0 Å². The lowest BCUT2D eigenvalue weighted by molar-refractivity contribution is 0.0625. The monoisotopic (exact) mass is 420 g/mol. The van der Waals surface area contributed by atoms with Gasteiger partial charge in [0.25, 0.3) is 5.91 Å². The molecule has 0 aliphatic carbocycles. The zero-order valence-corrected chi connectivity index (χ0v) is 18.1. The average molecular weight is 421 g/mol. The van der Waals surface area contributed by atoms with Crippen LogP contribution in [0, 0.1) is 6.92 Å². The molecule has 2 aromatic rings.